The molecule has 0 aliphatic carbocycles. The molecule has 0 aliphatic heterocycles. The van der Waals surface area contributed by atoms with Gasteiger partial charge in [-0.1, -0.05) is 12.2 Å². The molecule has 0 aliphatic rings. The summed E-state index contributed by atoms with van der Waals surface area (Å²) in [4.78, 5) is 27.4. The molecule has 0 unspecified atom stereocenters. The average Bonchev–Trinajstić information content (AvgIpc) is 2.46. The Morgan fingerprint density at radius 3 is 2.32 bits per heavy atom. The molecule has 0 saturated heterocycles. The number of nitrogens with one attached hydrogen (secondary N) is 2. The zero-order valence-electron chi connectivity index (χ0n) is 11.7. The molecule has 2 aromatic rings. The molecule has 0 spiro atoms. The highest BCUT2D eigenvalue weighted by Crippen LogP contribution is 2.18. The van der Waals surface area contributed by atoms with Crippen LogP contribution in [0.25, 0.3) is 10.9 Å². The largest absolute Gasteiger partial charge is 0.326 e. The predicted octanol–water partition coefficient (Wildman–Crippen LogP) is 0.579. The van der Waals surface area contributed by atoms with E-state index in [1.54, 1.807) is 0 Å². The first-order chi connectivity index (χ1) is 10.4. The van der Waals surface area contributed by atoms with E-state index in [1.165, 1.54) is 34.7 Å². The Bertz CT molecular complexity index is 930. The second-order valence-corrected chi connectivity index (χ2v) is 6.45. The van der Waals surface area contributed by atoms with Crippen molar-refractivity contribution >= 4 is 20.9 Å². The van der Waals surface area contributed by atoms with E-state index in [0.717, 1.165) is 0 Å². The van der Waals surface area contributed by atoms with Gasteiger partial charge >= 0.3 is 5.69 Å². The van der Waals surface area contributed by atoms with Gasteiger partial charge in [0.05, 0.1) is 15.8 Å². The molecule has 0 bridgehead atoms. The number of aromatic amines is 2. The van der Waals surface area contributed by atoms with Gasteiger partial charge in [-0.3, -0.25) is 9.78 Å². The van der Waals surface area contributed by atoms with E-state index in [2.05, 4.69) is 23.1 Å². The van der Waals surface area contributed by atoms with E-state index in [9.17, 15) is 18.0 Å². The smallest absolute Gasteiger partial charge is 0.307 e. The maximum absolute atomic E-state index is 12.6. The number of nitrogens with zero attached hydrogens (tertiary/aromatic N) is 1. The van der Waals surface area contributed by atoms with Crippen molar-refractivity contribution in [2.45, 2.75) is 4.90 Å². The minimum atomic E-state index is -3.80. The minimum Gasteiger partial charge on any atom is -0.307 e. The lowest BCUT2D eigenvalue weighted by molar-refractivity contribution is 0.474. The van der Waals surface area contributed by atoms with Crippen LogP contribution in [-0.2, 0) is 10.0 Å². The number of benzene rings is 1. The highest BCUT2D eigenvalue weighted by Gasteiger charge is 2.23. The fraction of sp³-hybridized carbons (Fsp3) is 0.143. The molecule has 0 radical (unpaired) electrons. The Kier molecular flexibility index (Phi) is 4.43. The molecule has 1 aromatic heterocycles. The second-order valence-electron chi connectivity index (χ2n) is 4.52. The van der Waals surface area contributed by atoms with Crippen molar-refractivity contribution in [3.8, 4) is 0 Å². The third-order valence-electron chi connectivity index (χ3n) is 3.01. The van der Waals surface area contributed by atoms with E-state index >= 15 is 0 Å². The first-order valence-electron chi connectivity index (χ1n) is 6.38. The van der Waals surface area contributed by atoms with Gasteiger partial charge in [0.1, 0.15) is 0 Å². The molecule has 0 amide bonds. The number of hydrogen-bond acceptors (Lipinski definition) is 4. The summed E-state index contributed by atoms with van der Waals surface area (Å²) in [6, 6.07) is 3.96. The first-order valence-corrected chi connectivity index (χ1v) is 7.82. The number of aromatic nitrogens is 2. The van der Waals surface area contributed by atoms with Gasteiger partial charge in [-0.2, -0.15) is 4.31 Å². The monoisotopic (exact) mass is 321 g/mol. The maximum atomic E-state index is 12.6. The molecule has 116 valence electrons. The summed E-state index contributed by atoms with van der Waals surface area (Å²) in [6.07, 6.45) is 2.93. The number of sulfonamides is 1. The van der Waals surface area contributed by atoms with Crippen LogP contribution in [0, 0.1) is 0 Å². The van der Waals surface area contributed by atoms with Crippen molar-refractivity contribution in [3.05, 3.63) is 64.3 Å². The second kappa shape index (κ2) is 6.12. The maximum Gasteiger partial charge on any atom is 0.326 e. The van der Waals surface area contributed by atoms with Crippen molar-refractivity contribution in [2.75, 3.05) is 13.1 Å². The van der Waals surface area contributed by atoms with Crippen LogP contribution in [0.2, 0.25) is 0 Å². The Morgan fingerprint density at radius 2 is 1.73 bits per heavy atom. The van der Waals surface area contributed by atoms with Gasteiger partial charge in [0.2, 0.25) is 10.0 Å². The zero-order chi connectivity index (χ0) is 16.3. The van der Waals surface area contributed by atoms with Crippen LogP contribution in [0.5, 0.6) is 0 Å². The first kappa shape index (κ1) is 15.9. The van der Waals surface area contributed by atoms with Crippen LogP contribution in [-0.4, -0.2) is 35.8 Å². The molecular formula is C14H15N3O4S. The molecule has 2 N–H and O–H groups in total. The van der Waals surface area contributed by atoms with Gasteiger partial charge in [0.15, 0.2) is 0 Å². The third-order valence-corrected chi connectivity index (χ3v) is 4.84. The molecule has 1 heterocycles. The fourth-order valence-corrected chi connectivity index (χ4v) is 3.42. The Balaban J connectivity index is 2.63. The van der Waals surface area contributed by atoms with Crippen LogP contribution < -0.4 is 11.2 Å². The fourth-order valence-electron chi connectivity index (χ4n) is 2.01. The summed E-state index contributed by atoms with van der Waals surface area (Å²) in [5, 5.41) is 0.0952. The molecule has 7 nitrogen and oxygen atoms in total. The highest BCUT2D eigenvalue weighted by atomic mass is 32.2. The highest BCUT2D eigenvalue weighted by molar-refractivity contribution is 7.89. The van der Waals surface area contributed by atoms with Crippen molar-refractivity contribution in [1.82, 2.24) is 14.3 Å². The molecule has 0 fully saturated rings. The molecule has 8 heteroatoms. The molecule has 0 atom stereocenters. The van der Waals surface area contributed by atoms with Gasteiger partial charge in [-0.15, -0.1) is 13.2 Å². The lowest BCUT2D eigenvalue weighted by Gasteiger charge is -2.19. The van der Waals surface area contributed by atoms with Crippen molar-refractivity contribution in [3.63, 3.8) is 0 Å². The molecule has 2 rings (SSSR count). The number of hydrogen-bond donors (Lipinski definition) is 2. The zero-order valence-corrected chi connectivity index (χ0v) is 12.5. The minimum absolute atomic E-state index is 0.0405. The van der Waals surface area contributed by atoms with Crippen LogP contribution in [0.15, 0.2) is 58.0 Å². The lowest BCUT2D eigenvalue weighted by atomic mass is 10.2. The average molecular weight is 321 g/mol. The summed E-state index contributed by atoms with van der Waals surface area (Å²) in [5.74, 6) is 0. The van der Waals surface area contributed by atoms with E-state index in [-0.39, 0.29) is 28.9 Å². The van der Waals surface area contributed by atoms with Gasteiger partial charge in [0, 0.05) is 13.1 Å². The summed E-state index contributed by atoms with van der Waals surface area (Å²) >= 11 is 0. The van der Waals surface area contributed by atoms with E-state index in [1.807, 2.05) is 0 Å². The summed E-state index contributed by atoms with van der Waals surface area (Å²) in [6.45, 7) is 7.30. The number of rotatable bonds is 6. The van der Waals surface area contributed by atoms with Gasteiger partial charge in [-0.05, 0) is 18.2 Å². The summed E-state index contributed by atoms with van der Waals surface area (Å²) in [5.41, 5.74) is -1.02. The topological polar surface area (TPSA) is 103 Å². The number of fused-ring (bicyclic) bond motifs is 1. The van der Waals surface area contributed by atoms with Crippen LogP contribution in [0.1, 0.15) is 0 Å². The molecule has 1 aromatic carbocycles. The summed E-state index contributed by atoms with van der Waals surface area (Å²) in [7, 11) is -3.80. The Morgan fingerprint density at radius 1 is 1.09 bits per heavy atom. The third kappa shape index (κ3) is 2.92. The molecule has 22 heavy (non-hydrogen) atoms. The Labute approximate surface area is 126 Å². The quantitative estimate of drug-likeness (QED) is 0.760. The molecule has 0 saturated carbocycles. The van der Waals surface area contributed by atoms with Crippen LogP contribution >= 0.6 is 0 Å². The van der Waals surface area contributed by atoms with Gasteiger partial charge < -0.3 is 4.98 Å². The Hall–Kier alpha value is -2.45. The van der Waals surface area contributed by atoms with E-state index in [4.69, 9.17) is 0 Å². The van der Waals surface area contributed by atoms with E-state index < -0.39 is 21.3 Å². The van der Waals surface area contributed by atoms with Gasteiger partial charge in [-0.25, -0.2) is 13.2 Å². The van der Waals surface area contributed by atoms with Crippen LogP contribution in [0.4, 0.5) is 0 Å². The molecular weight excluding hydrogens is 306 g/mol. The van der Waals surface area contributed by atoms with Crippen molar-refractivity contribution < 1.29 is 8.42 Å². The van der Waals surface area contributed by atoms with Crippen molar-refractivity contribution in [1.29, 1.82) is 0 Å². The number of H-pyrrole nitrogens is 2. The lowest BCUT2D eigenvalue weighted by Crippen LogP contribution is -2.31. The van der Waals surface area contributed by atoms with Crippen molar-refractivity contribution in [2.24, 2.45) is 0 Å². The normalized spacial score (nSPS) is 11.7. The van der Waals surface area contributed by atoms with Crippen LogP contribution in [0.3, 0.4) is 0 Å². The van der Waals surface area contributed by atoms with Gasteiger partial charge in [0.25, 0.3) is 5.56 Å². The SMILES string of the molecule is C=CCN(CC=C)S(=O)(=O)c1ccc2[nH]c(=O)[nH]c(=O)c2c1. The standard InChI is InChI=1S/C14H15N3O4S/c1-3-7-17(8-4-2)22(20,21)10-5-6-12-11(9-10)13(18)16-14(19)15-12/h3-6,9H,1-2,7-8H2,(H2,15,16,18,19). The van der Waals surface area contributed by atoms with E-state index in [0.29, 0.717) is 0 Å². The summed E-state index contributed by atoms with van der Waals surface area (Å²) < 4.78 is 26.3. The predicted molar refractivity (Wildman–Crippen MR) is 84.3 cm³/mol.